The van der Waals surface area contributed by atoms with E-state index in [1.165, 1.54) is 0 Å². The minimum atomic E-state index is -0.0215. The van der Waals surface area contributed by atoms with Crippen molar-refractivity contribution in [2.75, 3.05) is 18.5 Å². The largest absolute Gasteiger partial charge is 0.370 e. The Morgan fingerprint density at radius 2 is 2.45 bits per heavy atom. The van der Waals surface area contributed by atoms with E-state index >= 15 is 0 Å². The van der Waals surface area contributed by atoms with Gasteiger partial charge in [0, 0.05) is 38.5 Å². The summed E-state index contributed by atoms with van der Waals surface area (Å²) in [6.07, 6.45) is 5.81. The molecule has 0 spiro atoms. The SMILES string of the molecule is Cc1[nH]nc(NC[C@@H]2CCCO[C@H]2c2nccn2C)c1C#N. The minimum Gasteiger partial charge on any atom is -0.370 e. The first kappa shape index (κ1) is 14.6. The molecule has 22 heavy (non-hydrogen) atoms. The van der Waals surface area contributed by atoms with Crippen LogP contribution >= 0.6 is 0 Å². The van der Waals surface area contributed by atoms with E-state index in [1.807, 2.05) is 24.7 Å². The van der Waals surface area contributed by atoms with E-state index in [-0.39, 0.29) is 6.10 Å². The van der Waals surface area contributed by atoms with Crippen molar-refractivity contribution in [3.63, 3.8) is 0 Å². The zero-order valence-electron chi connectivity index (χ0n) is 12.8. The van der Waals surface area contributed by atoms with Gasteiger partial charge in [-0.25, -0.2) is 4.98 Å². The highest BCUT2D eigenvalue weighted by atomic mass is 16.5. The Labute approximate surface area is 129 Å². The number of nitrogens with one attached hydrogen (secondary N) is 2. The second-order valence-electron chi connectivity index (χ2n) is 5.65. The van der Waals surface area contributed by atoms with Gasteiger partial charge in [-0.05, 0) is 19.8 Å². The number of H-pyrrole nitrogens is 1. The molecule has 1 fully saturated rings. The Morgan fingerprint density at radius 3 is 3.18 bits per heavy atom. The third-order valence-electron chi connectivity index (χ3n) is 4.15. The summed E-state index contributed by atoms with van der Waals surface area (Å²) in [7, 11) is 1.98. The highest BCUT2D eigenvalue weighted by molar-refractivity contribution is 5.53. The third kappa shape index (κ3) is 2.70. The fourth-order valence-corrected chi connectivity index (χ4v) is 2.91. The molecule has 7 heteroatoms. The number of rotatable bonds is 4. The van der Waals surface area contributed by atoms with Crippen molar-refractivity contribution < 1.29 is 4.74 Å². The first-order valence-corrected chi connectivity index (χ1v) is 7.48. The van der Waals surface area contributed by atoms with E-state index in [0.717, 1.165) is 31.0 Å². The second kappa shape index (κ2) is 6.20. The van der Waals surface area contributed by atoms with Crippen LogP contribution in [0.2, 0.25) is 0 Å². The average Bonchev–Trinajstić information content (AvgIpc) is 3.11. The molecule has 0 aromatic carbocycles. The molecule has 0 radical (unpaired) electrons. The number of nitrogens with zero attached hydrogens (tertiary/aromatic N) is 4. The number of anilines is 1. The van der Waals surface area contributed by atoms with Crippen molar-refractivity contribution in [1.29, 1.82) is 5.26 Å². The van der Waals surface area contributed by atoms with Gasteiger partial charge in [0.15, 0.2) is 5.82 Å². The molecule has 2 aromatic heterocycles. The standard InChI is InChI=1S/C15H20N6O/c1-10-12(8-16)14(20-19-10)18-9-11-4-3-7-22-13(11)15-17-5-6-21(15)2/h5-6,11,13H,3-4,7,9H2,1-2H3,(H2,18,19,20)/t11-,13+/m0/s1. The molecule has 7 nitrogen and oxygen atoms in total. The van der Waals surface area contributed by atoms with Crippen LogP contribution in [-0.2, 0) is 11.8 Å². The molecule has 0 unspecified atom stereocenters. The van der Waals surface area contributed by atoms with Crippen LogP contribution in [0.5, 0.6) is 0 Å². The lowest BCUT2D eigenvalue weighted by Crippen LogP contribution is -2.30. The Bertz CT molecular complexity index is 683. The minimum absolute atomic E-state index is 0.0215. The smallest absolute Gasteiger partial charge is 0.166 e. The zero-order valence-corrected chi connectivity index (χ0v) is 12.8. The number of aromatic amines is 1. The van der Waals surface area contributed by atoms with Crippen LogP contribution in [0.15, 0.2) is 12.4 Å². The number of aryl methyl sites for hydroxylation is 2. The quantitative estimate of drug-likeness (QED) is 0.900. The Hall–Kier alpha value is -2.33. The number of hydrogen-bond donors (Lipinski definition) is 2. The summed E-state index contributed by atoms with van der Waals surface area (Å²) in [6.45, 7) is 3.31. The topological polar surface area (TPSA) is 91.5 Å². The number of hydrogen-bond acceptors (Lipinski definition) is 5. The lowest BCUT2D eigenvalue weighted by molar-refractivity contribution is -0.0305. The summed E-state index contributed by atoms with van der Waals surface area (Å²) in [6, 6.07) is 2.18. The van der Waals surface area contributed by atoms with Gasteiger partial charge in [-0.15, -0.1) is 0 Å². The predicted octanol–water partition coefficient (Wildman–Crippen LogP) is 1.90. The lowest BCUT2D eigenvalue weighted by atomic mass is 9.93. The van der Waals surface area contributed by atoms with Crippen LogP contribution in [-0.4, -0.2) is 32.9 Å². The monoisotopic (exact) mass is 300 g/mol. The van der Waals surface area contributed by atoms with Gasteiger partial charge in [0.05, 0.1) is 5.69 Å². The lowest BCUT2D eigenvalue weighted by Gasteiger charge is -2.31. The van der Waals surface area contributed by atoms with Gasteiger partial charge < -0.3 is 14.6 Å². The van der Waals surface area contributed by atoms with Crippen LogP contribution in [0, 0.1) is 24.2 Å². The highest BCUT2D eigenvalue weighted by Gasteiger charge is 2.30. The fraction of sp³-hybridized carbons (Fsp3) is 0.533. The van der Waals surface area contributed by atoms with E-state index in [9.17, 15) is 5.26 Å². The van der Waals surface area contributed by atoms with Crippen molar-refractivity contribution in [2.24, 2.45) is 13.0 Å². The van der Waals surface area contributed by atoms with E-state index in [2.05, 4.69) is 26.6 Å². The molecule has 1 saturated heterocycles. The van der Waals surface area contributed by atoms with Crippen molar-refractivity contribution in [3.8, 4) is 6.07 Å². The van der Waals surface area contributed by atoms with Gasteiger partial charge in [0.25, 0.3) is 0 Å². The zero-order chi connectivity index (χ0) is 15.5. The average molecular weight is 300 g/mol. The van der Waals surface area contributed by atoms with Gasteiger partial charge in [-0.3, -0.25) is 5.10 Å². The maximum absolute atomic E-state index is 9.18. The molecule has 3 rings (SSSR count). The first-order valence-electron chi connectivity index (χ1n) is 7.48. The molecular formula is C15H20N6O. The van der Waals surface area contributed by atoms with E-state index < -0.39 is 0 Å². The van der Waals surface area contributed by atoms with Gasteiger partial charge >= 0.3 is 0 Å². The van der Waals surface area contributed by atoms with Crippen LogP contribution in [0.1, 0.15) is 36.0 Å². The van der Waals surface area contributed by atoms with Crippen molar-refractivity contribution in [1.82, 2.24) is 19.7 Å². The summed E-state index contributed by atoms with van der Waals surface area (Å²) >= 11 is 0. The maximum Gasteiger partial charge on any atom is 0.166 e. The summed E-state index contributed by atoms with van der Waals surface area (Å²) in [5, 5.41) is 19.5. The van der Waals surface area contributed by atoms with Crippen molar-refractivity contribution in [3.05, 3.63) is 29.5 Å². The van der Waals surface area contributed by atoms with Crippen molar-refractivity contribution in [2.45, 2.75) is 25.9 Å². The molecule has 0 saturated carbocycles. The molecule has 116 valence electrons. The highest BCUT2D eigenvalue weighted by Crippen LogP contribution is 2.32. The Kier molecular flexibility index (Phi) is 4.11. The number of ether oxygens (including phenoxy) is 1. The number of nitriles is 1. The second-order valence-corrected chi connectivity index (χ2v) is 5.65. The Balaban J connectivity index is 1.72. The van der Waals surface area contributed by atoms with Gasteiger partial charge in [-0.2, -0.15) is 10.4 Å². The molecule has 0 aliphatic carbocycles. The molecule has 3 heterocycles. The van der Waals surface area contributed by atoms with Gasteiger partial charge in [-0.1, -0.05) is 0 Å². The summed E-state index contributed by atoms with van der Waals surface area (Å²) < 4.78 is 7.95. The van der Waals surface area contributed by atoms with E-state index in [4.69, 9.17) is 4.74 Å². The van der Waals surface area contributed by atoms with Crippen molar-refractivity contribution >= 4 is 5.82 Å². The maximum atomic E-state index is 9.18. The predicted molar refractivity (Wildman–Crippen MR) is 81.2 cm³/mol. The molecule has 1 aliphatic heterocycles. The van der Waals surface area contributed by atoms with Crippen LogP contribution in [0.4, 0.5) is 5.82 Å². The number of imidazole rings is 1. The third-order valence-corrected chi connectivity index (χ3v) is 4.15. The molecule has 2 atom stereocenters. The normalized spacial score (nSPS) is 21.5. The number of aromatic nitrogens is 4. The van der Waals surface area contributed by atoms with Gasteiger partial charge in [0.1, 0.15) is 23.6 Å². The molecular weight excluding hydrogens is 280 g/mol. The molecule has 0 amide bonds. The summed E-state index contributed by atoms with van der Waals surface area (Å²) in [5.74, 6) is 1.87. The fourth-order valence-electron chi connectivity index (χ4n) is 2.91. The Morgan fingerprint density at radius 1 is 1.59 bits per heavy atom. The molecule has 2 N–H and O–H groups in total. The van der Waals surface area contributed by atoms with E-state index in [0.29, 0.717) is 23.8 Å². The molecule has 2 aromatic rings. The summed E-state index contributed by atoms with van der Waals surface area (Å²) in [5.41, 5.74) is 1.36. The van der Waals surface area contributed by atoms with Crippen LogP contribution < -0.4 is 5.32 Å². The summed E-state index contributed by atoms with van der Waals surface area (Å²) in [4.78, 5) is 4.42. The van der Waals surface area contributed by atoms with Gasteiger partial charge in [0.2, 0.25) is 0 Å². The van der Waals surface area contributed by atoms with Crippen LogP contribution in [0.25, 0.3) is 0 Å². The first-order chi connectivity index (χ1) is 10.7. The molecule has 1 aliphatic rings. The van der Waals surface area contributed by atoms with E-state index in [1.54, 1.807) is 6.20 Å². The molecule has 0 bridgehead atoms. The van der Waals surface area contributed by atoms with Crippen LogP contribution in [0.3, 0.4) is 0 Å².